The largest absolute Gasteiger partial charge is 0.376 e. The van der Waals surface area contributed by atoms with E-state index in [1.807, 2.05) is 18.3 Å². The molecule has 0 unspecified atom stereocenters. The molecule has 1 aromatic carbocycles. The van der Waals surface area contributed by atoms with Gasteiger partial charge in [0.15, 0.2) is 0 Å². The fourth-order valence-corrected chi connectivity index (χ4v) is 2.51. The summed E-state index contributed by atoms with van der Waals surface area (Å²) in [5.74, 6) is -1.19. The molecular formula is C14H15BrF2N2. The van der Waals surface area contributed by atoms with E-state index < -0.39 is 11.6 Å². The maximum Gasteiger partial charge on any atom is 0.150 e. The normalized spacial score (nSPS) is 10.7. The van der Waals surface area contributed by atoms with Gasteiger partial charge in [-0.25, -0.2) is 8.78 Å². The van der Waals surface area contributed by atoms with Crippen molar-refractivity contribution in [3.63, 3.8) is 0 Å². The predicted molar refractivity (Wildman–Crippen MR) is 76.1 cm³/mol. The van der Waals surface area contributed by atoms with E-state index in [-0.39, 0.29) is 5.69 Å². The van der Waals surface area contributed by atoms with E-state index in [4.69, 9.17) is 0 Å². The molecule has 0 atom stereocenters. The average molecular weight is 329 g/mol. The number of nitrogens with zero attached hydrogens (tertiary/aromatic N) is 1. The fourth-order valence-electron chi connectivity index (χ4n) is 1.96. The summed E-state index contributed by atoms with van der Waals surface area (Å²) in [7, 11) is 0. The lowest BCUT2D eigenvalue weighted by molar-refractivity contribution is 0.583. The molecule has 0 aliphatic rings. The third-order valence-electron chi connectivity index (χ3n) is 2.84. The van der Waals surface area contributed by atoms with Gasteiger partial charge in [-0.3, -0.25) is 0 Å². The molecule has 0 fully saturated rings. The fraction of sp³-hybridized carbons (Fsp3) is 0.286. The van der Waals surface area contributed by atoms with Crippen molar-refractivity contribution in [3.05, 3.63) is 52.3 Å². The summed E-state index contributed by atoms with van der Waals surface area (Å²) in [4.78, 5) is 0. The molecule has 2 aromatic rings. The minimum absolute atomic E-state index is 0.283. The van der Waals surface area contributed by atoms with Gasteiger partial charge in [0.05, 0.1) is 12.2 Å². The molecule has 0 aliphatic carbocycles. The number of benzene rings is 1. The van der Waals surface area contributed by atoms with Crippen LogP contribution in [0.2, 0.25) is 0 Å². The standard InChI is InChI=1S/C14H15BrF2N2/c1-2-5-19-6-3-4-11(19)9-18-14-12(15)7-10(16)8-13(14)17/h3-4,6-8,18H,2,5,9H2,1H3. The van der Waals surface area contributed by atoms with Gasteiger partial charge in [-0.2, -0.15) is 0 Å². The molecule has 102 valence electrons. The molecule has 1 heterocycles. The lowest BCUT2D eigenvalue weighted by atomic mass is 10.3. The van der Waals surface area contributed by atoms with Crippen LogP contribution in [0.1, 0.15) is 19.0 Å². The highest BCUT2D eigenvalue weighted by atomic mass is 79.9. The molecule has 0 bridgehead atoms. The second kappa shape index (κ2) is 6.19. The Bertz CT molecular complexity index is 543. The smallest absolute Gasteiger partial charge is 0.150 e. The Labute approximate surface area is 119 Å². The van der Waals surface area contributed by atoms with Gasteiger partial charge in [-0.15, -0.1) is 0 Å². The van der Waals surface area contributed by atoms with Crippen molar-refractivity contribution in [3.8, 4) is 0 Å². The van der Waals surface area contributed by atoms with Crippen molar-refractivity contribution < 1.29 is 8.78 Å². The van der Waals surface area contributed by atoms with Gasteiger partial charge < -0.3 is 9.88 Å². The maximum atomic E-state index is 13.6. The summed E-state index contributed by atoms with van der Waals surface area (Å²) in [5.41, 5.74) is 1.35. The van der Waals surface area contributed by atoms with E-state index in [0.717, 1.165) is 24.7 Å². The van der Waals surface area contributed by atoms with E-state index in [1.165, 1.54) is 6.07 Å². The highest BCUT2D eigenvalue weighted by Crippen LogP contribution is 2.27. The topological polar surface area (TPSA) is 17.0 Å². The number of anilines is 1. The summed E-state index contributed by atoms with van der Waals surface area (Å²) < 4.78 is 29.1. The van der Waals surface area contributed by atoms with Crippen LogP contribution < -0.4 is 5.32 Å². The van der Waals surface area contributed by atoms with Crippen LogP contribution in [-0.4, -0.2) is 4.57 Å². The van der Waals surface area contributed by atoms with E-state index in [0.29, 0.717) is 11.0 Å². The van der Waals surface area contributed by atoms with Crippen LogP contribution >= 0.6 is 15.9 Å². The summed E-state index contributed by atoms with van der Waals surface area (Å²) in [6.45, 7) is 3.53. The van der Waals surface area contributed by atoms with Crippen LogP contribution in [0.5, 0.6) is 0 Å². The second-order valence-corrected chi connectivity index (χ2v) is 5.15. The Kier molecular flexibility index (Phi) is 4.58. The van der Waals surface area contributed by atoms with E-state index >= 15 is 0 Å². The van der Waals surface area contributed by atoms with Gasteiger partial charge in [0.1, 0.15) is 11.6 Å². The monoisotopic (exact) mass is 328 g/mol. The van der Waals surface area contributed by atoms with Crippen LogP contribution in [0.25, 0.3) is 0 Å². The zero-order valence-corrected chi connectivity index (χ0v) is 12.2. The van der Waals surface area contributed by atoms with Crippen LogP contribution in [0.4, 0.5) is 14.5 Å². The Morgan fingerprint density at radius 3 is 2.79 bits per heavy atom. The molecule has 5 heteroatoms. The van der Waals surface area contributed by atoms with Gasteiger partial charge in [-0.1, -0.05) is 6.92 Å². The quantitative estimate of drug-likeness (QED) is 0.851. The Morgan fingerprint density at radius 2 is 2.11 bits per heavy atom. The first-order chi connectivity index (χ1) is 9.11. The van der Waals surface area contributed by atoms with Gasteiger partial charge in [0.2, 0.25) is 0 Å². The predicted octanol–water partition coefficient (Wildman–Crippen LogP) is 4.55. The molecule has 0 radical (unpaired) electrons. The van der Waals surface area contributed by atoms with E-state index in [2.05, 4.69) is 32.7 Å². The lowest BCUT2D eigenvalue weighted by Crippen LogP contribution is -2.08. The third kappa shape index (κ3) is 3.35. The minimum atomic E-state index is -0.597. The Balaban J connectivity index is 2.12. The molecular weight excluding hydrogens is 314 g/mol. The number of aromatic nitrogens is 1. The van der Waals surface area contributed by atoms with Crippen molar-refractivity contribution in [2.45, 2.75) is 26.4 Å². The van der Waals surface area contributed by atoms with Crippen LogP contribution in [-0.2, 0) is 13.1 Å². The Morgan fingerprint density at radius 1 is 1.32 bits per heavy atom. The molecule has 0 saturated heterocycles. The van der Waals surface area contributed by atoms with Crippen molar-refractivity contribution >= 4 is 21.6 Å². The van der Waals surface area contributed by atoms with Crippen molar-refractivity contribution in [2.75, 3.05) is 5.32 Å². The van der Waals surface area contributed by atoms with E-state index in [9.17, 15) is 8.78 Å². The van der Waals surface area contributed by atoms with Crippen LogP contribution in [0.3, 0.4) is 0 Å². The highest BCUT2D eigenvalue weighted by molar-refractivity contribution is 9.10. The number of hydrogen-bond acceptors (Lipinski definition) is 1. The molecule has 0 amide bonds. The number of nitrogens with one attached hydrogen (secondary N) is 1. The number of rotatable bonds is 5. The summed E-state index contributed by atoms with van der Waals surface area (Å²) in [5, 5.41) is 3.00. The zero-order valence-electron chi connectivity index (χ0n) is 10.6. The Hall–Kier alpha value is -1.36. The lowest BCUT2D eigenvalue weighted by Gasteiger charge is -2.12. The SMILES string of the molecule is CCCn1cccc1CNc1c(F)cc(F)cc1Br. The third-order valence-corrected chi connectivity index (χ3v) is 3.47. The molecule has 2 nitrogen and oxygen atoms in total. The molecule has 0 saturated carbocycles. The maximum absolute atomic E-state index is 13.6. The molecule has 1 aromatic heterocycles. The number of hydrogen-bond donors (Lipinski definition) is 1. The van der Waals surface area contributed by atoms with Crippen molar-refractivity contribution in [2.24, 2.45) is 0 Å². The highest BCUT2D eigenvalue weighted by Gasteiger charge is 2.10. The van der Waals surface area contributed by atoms with Gasteiger partial charge >= 0.3 is 0 Å². The number of halogens is 3. The second-order valence-electron chi connectivity index (χ2n) is 4.29. The molecule has 0 spiro atoms. The first kappa shape index (κ1) is 14.1. The van der Waals surface area contributed by atoms with Crippen molar-refractivity contribution in [1.82, 2.24) is 4.57 Å². The number of aryl methyl sites for hydroxylation is 1. The van der Waals surface area contributed by atoms with E-state index in [1.54, 1.807) is 0 Å². The summed E-state index contributed by atoms with van der Waals surface area (Å²) in [6.07, 6.45) is 3.03. The molecule has 1 N–H and O–H groups in total. The average Bonchev–Trinajstić information content (AvgIpc) is 2.76. The van der Waals surface area contributed by atoms with Gasteiger partial charge in [0.25, 0.3) is 0 Å². The minimum Gasteiger partial charge on any atom is -0.376 e. The molecule has 0 aliphatic heterocycles. The summed E-state index contributed by atoms with van der Waals surface area (Å²) >= 11 is 3.16. The van der Waals surface area contributed by atoms with Crippen LogP contribution in [0.15, 0.2) is 34.9 Å². The zero-order chi connectivity index (χ0) is 13.8. The first-order valence-corrected chi connectivity index (χ1v) is 6.93. The molecule has 19 heavy (non-hydrogen) atoms. The summed E-state index contributed by atoms with van der Waals surface area (Å²) in [6, 6.07) is 6.06. The van der Waals surface area contributed by atoms with Crippen molar-refractivity contribution in [1.29, 1.82) is 0 Å². The van der Waals surface area contributed by atoms with Gasteiger partial charge in [0, 0.05) is 29.0 Å². The van der Waals surface area contributed by atoms with Crippen LogP contribution in [0, 0.1) is 11.6 Å². The molecule has 2 rings (SSSR count). The van der Waals surface area contributed by atoms with Gasteiger partial charge in [-0.05, 0) is 40.5 Å². The first-order valence-electron chi connectivity index (χ1n) is 6.14.